The van der Waals surface area contributed by atoms with Crippen molar-refractivity contribution in [1.29, 1.82) is 5.26 Å². The Balaban J connectivity index is 1.88. The van der Waals surface area contributed by atoms with Gasteiger partial charge in [-0.2, -0.15) is 5.26 Å². The number of aromatic nitrogens is 2. The summed E-state index contributed by atoms with van der Waals surface area (Å²) in [4.78, 5) is 7.29. The number of H-pyrrole nitrogens is 1. The van der Waals surface area contributed by atoms with Crippen LogP contribution in [-0.2, 0) is 0 Å². The van der Waals surface area contributed by atoms with Crippen LogP contribution < -0.4 is 4.98 Å². The van der Waals surface area contributed by atoms with Gasteiger partial charge in [-0.25, -0.2) is 14.4 Å². The molecule has 1 aromatic carbocycles. The van der Waals surface area contributed by atoms with Gasteiger partial charge in [-0.15, -0.1) is 11.3 Å². The quantitative estimate of drug-likeness (QED) is 0.646. The van der Waals surface area contributed by atoms with Crippen LogP contribution in [0.2, 0.25) is 0 Å². The lowest BCUT2D eigenvalue weighted by Crippen LogP contribution is -2.07. The van der Waals surface area contributed by atoms with Crippen molar-refractivity contribution < 1.29 is 9.37 Å². The first-order valence-electron chi connectivity index (χ1n) is 6.81. The van der Waals surface area contributed by atoms with Gasteiger partial charge in [0.15, 0.2) is 6.20 Å². The highest BCUT2D eigenvalue weighted by molar-refractivity contribution is 7.09. The molecule has 110 valence electrons. The number of aromatic amines is 1. The lowest BCUT2D eigenvalue weighted by Gasteiger charge is -1.98. The van der Waals surface area contributed by atoms with Crippen molar-refractivity contribution in [1.82, 2.24) is 4.98 Å². The Hall–Kier alpha value is -3.02. The van der Waals surface area contributed by atoms with Gasteiger partial charge >= 0.3 is 0 Å². The number of nitrogens with zero attached hydrogens (tertiary/aromatic N) is 2. The highest BCUT2D eigenvalue weighted by atomic mass is 32.1. The van der Waals surface area contributed by atoms with Gasteiger partial charge < -0.3 is 0 Å². The largest absolute Gasteiger partial charge is 0.233 e. The Morgan fingerprint density at radius 3 is 2.65 bits per heavy atom. The van der Waals surface area contributed by atoms with Crippen molar-refractivity contribution in [2.45, 2.75) is 6.92 Å². The molecule has 3 aromatic rings. The number of halogens is 1. The number of hydrogen-bond donors (Lipinski definition) is 0. The standard InChI is InChI=1S/C18H10FN3S/c1-12-22-15(11-23-12)5-2-13-4-7-18(21-10-13)16-8-14(9-20)3-6-17(16)19/h3-4,6-8,10-11H,1H3/p+1. The van der Waals surface area contributed by atoms with Gasteiger partial charge in [0.2, 0.25) is 5.69 Å². The minimum atomic E-state index is -0.378. The molecule has 2 heterocycles. The maximum absolute atomic E-state index is 13.9. The van der Waals surface area contributed by atoms with E-state index < -0.39 is 0 Å². The highest BCUT2D eigenvalue weighted by Crippen LogP contribution is 2.20. The molecule has 3 rings (SSSR count). The van der Waals surface area contributed by atoms with Crippen LogP contribution in [0.5, 0.6) is 0 Å². The molecular weight excluding hydrogens is 309 g/mol. The van der Waals surface area contributed by atoms with Crippen LogP contribution in [0.4, 0.5) is 4.39 Å². The first kappa shape index (κ1) is 14.9. The van der Waals surface area contributed by atoms with E-state index in [0.29, 0.717) is 16.8 Å². The Labute approximate surface area is 137 Å². The monoisotopic (exact) mass is 320 g/mol. The zero-order chi connectivity index (χ0) is 16.2. The molecule has 0 saturated carbocycles. The molecule has 3 nitrogen and oxygen atoms in total. The maximum atomic E-state index is 13.9. The molecule has 0 amide bonds. The molecular formula is C18H11FN3S+. The fraction of sp³-hybridized carbons (Fsp3) is 0.0556. The number of aryl methyl sites for hydroxylation is 1. The fourth-order valence-electron chi connectivity index (χ4n) is 2.03. The number of nitriles is 1. The Kier molecular flexibility index (Phi) is 4.14. The summed E-state index contributed by atoms with van der Waals surface area (Å²) in [6.07, 6.45) is 1.71. The van der Waals surface area contributed by atoms with E-state index in [1.807, 2.05) is 18.4 Å². The van der Waals surface area contributed by atoms with Crippen LogP contribution in [0.1, 0.15) is 21.8 Å². The van der Waals surface area contributed by atoms with Gasteiger partial charge in [-0.05, 0) is 37.1 Å². The lowest BCUT2D eigenvalue weighted by atomic mass is 10.1. The van der Waals surface area contributed by atoms with Gasteiger partial charge in [0.05, 0.1) is 27.8 Å². The number of nitrogens with one attached hydrogen (secondary N) is 1. The summed E-state index contributed by atoms with van der Waals surface area (Å²) >= 11 is 1.55. The molecule has 0 aliphatic rings. The molecule has 2 aromatic heterocycles. The van der Waals surface area contributed by atoms with Crippen LogP contribution in [0.3, 0.4) is 0 Å². The minimum absolute atomic E-state index is 0.360. The number of pyridine rings is 1. The fourth-order valence-corrected chi connectivity index (χ4v) is 2.57. The van der Waals surface area contributed by atoms with E-state index in [9.17, 15) is 4.39 Å². The Morgan fingerprint density at radius 1 is 1.17 bits per heavy atom. The summed E-state index contributed by atoms with van der Waals surface area (Å²) in [5.74, 6) is 5.61. The first-order valence-corrected chi connectivity index (χ1v) is 7.69. The predicted octanol–water partition coefficient (Wildman–Crippen LogP) is 3.34. The van der Waals surface area contributed by atoms with E-state index in [4.69, 9.17) is 5.26 Å². The molecule has 0 fully saturated rings. The van der Waals surface area contributed by atoms with Gasteiger partial charge in [0, 0.05) is 11.4 Å². The molecule has 0 aliphatic heterocycles. The summed E-state index contributed by atoms with van der Waals surface area (Å²) in [6.45, 7) is 1.93. The van der Waals surface area contributed by atoms with E-state index in [-0.39, 0.29) is 5.82 Å². The third-order valence-electron chi connectivity index (χ3n) is 3.15. The van der Waals surface area contributed by atoms with Crippen molar-refractivity contribution in [3.8, 4) is 29.2 Å². The van der Waals surface area contributed by atoms with Crippen molar-refractivity contribution in [2.24, 2.45) is 0 Å². The molecule has 0 aliphatic carbocycles. The van der Waals surface area contributed by atoms with Crippen molar-refractivity contribution >= 4 is 11.3 Å². The summed E-state index contributed by atoms with van der Waals surface area (Å²) in [5.41, 5.74) is 2.88. The van der Waals surface area contributed by atoms with Gasteiger partial charge in [0.1, 0.15) is 11.5 Å². The minimum Gasteiger partial charge on any atom is -0.233 e. The summed E-state index contributed by atoms with van der Waals surface area (Å²) in [6, 6.07) is 9.82. The van der Waals surface area contributed by atoms with Crippen LogP contribution >= 0.6 is 11.3 Å². The van der Waals surface area contributed by atoms with Crippen molar-refractivity contribution in [3.05, 3.63) is 69.6 Å². The number of thiazole rings is 1. The zero-order valence-corrected chi connectivity index (χ0v) is 13.0. The Bertz CT molecular complexity index is 956. The first-order chi connectivity index (χ1) is 11.2. The summed E-state index contributed by atoms with van der Waals surface area (Å²) < 4.78 is 13.9. The summed E-state index contributed by atoms with van der Waals surface area (Å²) in [7, 11) is 0. The molecule has 0 atom stereocenters. The van der Waals surface area contributed by atoms with E-state index in [2.05, 4.69) is 21.8 Å². The number of benzene rings is 1. The van der Waals surface area contributed by atoms with Crippen LogP contribution in [0.25, 0.3) is 11.3 Å². The molecule has 23 heavy (non-hydrogen) atoms. The topological polar surface area (TPSA) is 50.8 Å². The third kappa shape index (κ3) is 3.42. The SMILES string of the molecule is Cc1nc(C#Cc2ccc(-c3cc(C#N)ccc3F)[nH+]c2)cs1. The lowest BCUT2D eigenvalue weighted by molar-refractivity contribution is -0.365. The van der Waals surface area contributed by atoms with Crippen LogP contribution in [0, 0.1) is 35.9 Å². The number of hydrogen-bond acceptors (Lipinski definition) is 3. The van der Waals surface area contributed by atoms with Crippen LogP contribution in [0.15, 0.2) is 41.9 Å². The highest BCUT2D eigenvalue weighted by Gasteiger charge is 2.12. The number of rotatable bonds is 1. The predicted molar refractivity (Wildman–Crippen MR) is 85.9 cm³/mol. The van der Waals surface area contributed by atoms with E-state index >= 15 is 0 Å². The normalized spacial score (nSPS) is 9.78. The van der Waals surface area contributed by atoms with E-state index in [1.165, 1.54) is 18.2 Å². The molecule has 1 N–H and O–H groups in total. The van der Waals surface area contributed by atoms with Crippen LogP contribution in [-0.4, -0.2) is 4.98 Å². The second-order valence-electron chi connectivity index (χ2n) is 4.80. The maximum Gasteiger partial charge on any atom is 0.213 e. The van der Waals surface area contributed by atoms with Crippen molar-refractivity contribution in [2.75, 3.05) is 0 Å². The average molecular weight is 320 g/mol. The zero-order valence-electron chi connectivity index (χ0n) is 12.2. The van der Waals surface area contributed by atoms with Gasteiger partial charge in [-0.3, -0.25) is 0 Å². The molecule has 0 bridgehead atoms. The molecule has 0 spiro atoms. The molecule has 0 unspecified atom stereocenters. The average Bonchev–Trinajstić information content (AvgIpc) is 2.99. The van der Waals surface area contributed by atoms with Crippen molar-refractivity contribution in [3.63, 3.8) is 0 Å². The molecule has 0 radical (unpaired) electrons. The second-order valence-corrected chi connectivity index (χ2v) is 5.86. The smallest absolute Gasteiger partial charge is 0.213 e. The van der Waals surface area contributed by atoms with Gasteiger partial charge in [0.25, 0.3) is 0 Å². The summed E-state index contributed by atoms with van der Waals surface area (Å²) in [5, 5.41) is 11.8. The Morgan fingerprint density at radius 2 is 2.00 bits per heavy atom. The van der Waals surface area contributed by atoms with E-state index in [0.717, 1.165) is 16.3 Å². The second kappa shape index (κ2) is 6.39. The van der Waals surface area contributed by atoms with E-state index in [1.54, 1.807) is 29.7 Å². The molecule has 5 heteroatoms. The van der Waals surface area contributed by atoms with Gasteiger partial charge in [-0.1, -0.05) is 5.92 Å². The third-order valence-corrected chi connectivity index (χ3v) is 3.93. The molecule has 0 saturated heterocycles.